The molecular formula is C64H84F4N8O6. The molecule has 0 bridgehead atoms. The number of hydrogen-bond acceptors (Lipinski definition) is 8. The van der Waals surface area contributed by atoms with Gasteiger partial charge >= 0.3 is 0 Å². The first-order chi connectivity index (χ1) is 37.1. The summed E-state index contributed by atoms with van der Waals surface area (Å²) in [5.74, 6) is -5.89. The minimum absolute atomic E-state index is 0.00153. The molecule has 0 aliphatic rings. The lowest BCUT2D eigenvalue weighted by Crippen LogP contribution is -2.19. The van der Waals surface area contributed by atoms with Gasteiger partial charge in [0.1, 0.15) is 29.0 Å². The van der Waals surface area contributed by atoms with Gasteiger partial charge in [-0.15, -0.1) is 0 Å². The van der Waals surface area contributed by atoms with Crippen LogP contribution in [0.4, 0.5) is 17.6 Å². The Balaban J connectivity index is 0.000000492. The molecule has 444 valence electrons. The van der Waals surface area contributed by atoms with Crippen molar-refractivity contribution < 1.29 is 46.3 Å². The summed E-state index contributed by atoms with van der Waals surface area (Å²) in [6.07, 6.45) is 4.85. The van der Waals surface area contributed by atoms with Gasteiger partial charge in [0.25, 0.3) is 17.7 Å². The largest absolute Gasteiger partial charge is 0.366 e. The van der Waals surface area contributed by atoms with Gasteiger partial charge in [-0.1, -0.05) is 143 Å². The molecule has 4 aromatic carbocycles. The van der Waals surface area contributed by atoms with E-state index in [9.17, 15) is 46.3 Å². The van der Waals surface area contributed by atoms with Crippen molar-refractivity contribution in [1.82, 2.24) is 9.97 Å². The van der Waals surface area contributed by atoms with E-state index in [0.29, 0.717) is 34.0 Å². The summed E-state index contributed by atoms with van der Waals surface area (Å²) >= 11 is 0. The molecule has 0 radical (unpaired) electrons. The van der Waals surface area contributed by atoms with E-state index in [1.165, 1.54) is 42.6 Å². The van der Waals surface area contributed by atoms with Crippen LogP contribution in [-0.2, 0) is 32.5 Å². The molecule has 0 unspecified atom stereocenters. The quantitative estimate of drug-likeness (QED) is 0.0870. The zero-order valence-electron chi connectivity index (χ0n) is 50.7. The Labute approximate surface area is 481 Å². The second-order valence-electron chi connectivity index (χ2n) is 25.4. The van der Waals surface area contributed by atoms with E-state index in [1.807, 2.05) is 65.8 Å². The average molecular weight is 1140 g/mol. The SMILES string of the molecule is CC(C)(C)c1cc(C(N)=O)c(F)cc1F.CC(C)(C)c1cc(C(N)=O)ccc1F.CC(C)(C)c1ccc(F)c(C(N)=O)c1.CC(C)(C)c1cccc(C(N)=O)c1.CC(C)(C)c1ccnc(C(N)=O)c1.CC(C)(C)c1cncc(C(N)=O)c1. The summed E-state index contributed by atoms with van der Waals surface area (Å²) in [4.78, 5) is 73.1. The molecule has 0 saturated heterocycles. The number of carbonyl (C=O) groups is 6. The van der Waals surface area contributed by atoms with Crippen LogP contribution >= 0.6 is 0 Å². The summed E-state index contributed by atoms with van der Waals surface area (Å²) in [5, 5.41) is 0. The summed E-state index contributed by atoms with van der Waals surface area (Å²) < 4.78 is 53.0. The van der Waals surface area contributed by atoms with Crippen molar-refractivity contribution in [2.45, 2.75) is 157 Å². The molecule has 14 nitrogen and oxygen atoms in total. The molecule has 0 aliphatic heterocycles. The van der Waals surface area contributed by atoms with Gasteiger partial charge in [-0.25, -0.2) is 17.6 Å². The van der Waals surface area contributed by atoms with Crippen LogP contribution in [-0.4, -0.2) is 45.4 Å². The van der Waals surface area contributed by atoms with E-state index in [0.717, 1.165) is 22.3 Å². The number of nitrogens with two attached hydrogens (primary N) is 6. The number of nitrogens with zero attached hydrogens (tertiary/aromatic N) is 2. The molecule has 0 fully saturated rings. The van der Waals surface area contributed by atoms with Crippen LogP contribution in [0.5, 0.6) is 0 Å². The number of aromatic nitrogens is 2. The van der Waals surface area contributed by atoms with Crippen LogP contribution in [0.1, 0.15) is 220 Å². The van der Waals surface area contributed by atoms with Gasteiger partial charge in [-0.05, 0) is 133 Å². The third kappa shape index (κ3) is 23.4. The molecule has 2 aromatic heterocycles. The summed E-state index contributed by atoms with van der Waals surface area (Å²) in [5.41, 5.74) is 36.0. The second kappa shape index (κ2) is 28.9. The number of hydrogen-bond donors (Lipinski definition) is 6. The number of carbonyl (C=O) groups excluding carboxylic acids is 6. The molecule has 0 spiro atoms. The van der Waals surface area contributed by atoms with Crippen LogP contribution in [0.25, 0.3) is 0 Å². The van der Waals surface area contributed by atoms with Crippen LogP contribution in [0.2, 0.25) is 0 Å². The van der Waals surface area contributed by atoms with Gasteiger partial charge in [0.15, 0.2) is 0 Å². The lowest BCUT2D eigenvalue weighted by Gasteiger charge is -2.20. The van der Waals surface area contributed by atoms with Crippen molar-refractivity contribution in [3.05, 3.63) is 200 Å². The predicted molar refractivity (Wildman–Crippen MR) is 317 cm³/mol. The van der Waals surface area contributed by atoms with Gasteiger partial charge in [-0.3, -0.25) is 38.7 Å². The molecule has 2 heterocycles. The van der Waals surface area contributed by atoms with Gasteiger partial charge in [0.2, 0.25) is 17.7 Å². The molecule has 6 rings (SSSR count). The lowest BCUT2D eigenvalue weighted by atomic mass is 9.85. The third-order valence-corrected chi connectivity index (χ3v) is 12.1. The number of primary amides is 6. The average Bonchev–Trinajstić information content (AvgIpc) is 3.53. The lowest BCUT2D eigenvalue weighted by molar-refractivity contribution is 0.0987. The molecule has 0 aliphatic carbocycles. The first-order valence-electron chi connectivity index (χ1n) is 26.0. The van der Waals surface area contributed by atoms with Gasteiger partial charge in [0.05, 0.1) is 16.7 Å². The minimum atomic E-state index is -0.923. The van der Waals surface area contributed by atoms with E-state index in [-0.39, 0.29) is 55.5 Å². The van der Waals surface area contributed by atoms with E-state index in [2.05, 4.69) is 72.3 Å². The zero-order chi connectivity index (χ0) is 63.8. The van der Waals surface area contributed by atoms with Crippen LogP contribution in [0, 0.1) is 23.3 Å². The fourth-order valence-electron chi connectivity index (χ4n) is 6.90. The topological polar surface area (TPSA) is 284 Å². The molecule has 82 heavy (non-hydrogen) atoms. The second-order valence-corrected chi connectivity index (χ2v) is 25.4. The maximum Gasteiger partial charge on any atom is 0.267 e. The molecule has 6 amide bonds. The fraction of sp³-hybridized carbons (Fsp3) is 0.375. The molecule has 12 N–H and O–H groups in total. The first-order valence-corrected chi connectivity index (χ1v) is 26.0. The Morgan fingerprint density at radius 3 is 1.20 bits per heavy atom. The Morgan fingerprint density at radius 1 is 0.341 bits per heavy atom. The summed E-state index contributed by atoms with van der Waals surface area (Å²) in [6.45, 7) is 35.7. The Hall–Kier alpha value is -8.28. The van der Waals surface area contributed by atoms with Crippen molar-refractivity contribution in [2.75, 3.05) is 0 Å². The Morgan fingerprint density at radius 2 is 0.756 bits per heavy atom. The highest BCUT2D eigenvalue weighted by Gasteiger charge is 2.24. The maximum atomic E-state index is 13.4. The number of pyridine rings is 2. The fourth-order valence-corrected chi connectivity index (χ4v) is 6.90. The van der Waals surface area contributed by atoms with Gasteiger partial charge < -0.3 is 34.4 Å². The zero-order valence-corrected chi connectivity index (χ0v) is 50.7. The van der Waals surface area contributed by atoms with E-state index in [4.69, 9.17) is 34.4 Å². The highest BCUT2D eigenvalue weighted by Crippen LogP contribution is 2.29. The normalized spacial score (nSPS) is 11.4. The third-order valence-electron chi connectivity index (χ3n) is 12.1. The maximum absolute atomic E-state index is 13.4. The molecular weight excluding hydrogens is 1050 g/mol. The summed E-state index contributed by atoms with van der Waals surface area (Å²) in [7, 11) is 0. The Bertz CT molecular complexity index is 3070. The predicted octanol–water partition coefficient (Wildman–Crippen LogP) is 11.8. The van der Waals surface area contributed by atoms with Crippen molar-refractivity contribution in [1.29, 1.82) is 0 Å². The smallest absolute Gasteiger partial charge is 0.267 e. The van der Waals surface area contributed by atoms with E-state index < -0.39 is 52.4 Å². The number of rotatable bonds is 6. The van der Waals surface area contributed by atoms with Crippen LogP contribution < -0.4 is 34.4 Å². The van der Waals surface area contributed by atoms with Crippen LogP contribution in [0.15, 0.2) is 110 Å². The highest BCUT2D eigenvalue weighted by molar-refractivity contribution is 5.95. The summed E-state index contributed by atoms with van der Waals surface area (Å²) in [6, 6.07) is 23.4. The van der Waals surface area contributed by atoms with Crippen LogP contribution in [0.3, 0.4) is 0 Å². The van der Waals surface area contributed by atoms with Crippen molar-refractivity contribution in [3.8, 4) is 0 Å². The van der Waals surface area contributed by atoms with Crippen molar-refractivity contribution in [3.63, 3.8) is 0 Å². The van der Waals surface area contributed by atoms with Crippen molar-refractivity contribution >= 4 is 35.4 Å². The van der Waals surface area contributed by atoms with Gasteiger partial charge in [-0.2, -0.15) is 0 Å². The molecule has 0 saturated carbocycles. The van der Waals surface area contributed by atoms with Crippen molar-refractivity contribution in [2.24, 2.45) is 34.4 Å². The van der Waals surface area contributed by atoms with E-state index in [1.54, 1.807) is 57.4 Å². The molecule has 0 atom stereocenters. The first kappa shape index (κ1) is 71.7. The monoisotopic (exact) mass is 1140 g/mol. The number of amides is 6. The Kier molecular flexibility index (Phi) is 25.3. The number of halogens is 4. The van der Waals surface area contributed by atoms with Gasteiger partial charge in [0, 0.05) is 35.8 Å². The van der Waals surface area contributed by atoms with E-state index >= 15 is 0 Å². The number of benzene rings is 4. The molecule has 6 aromatic rings. The standard InChI is InChI=1S/C11H13F2NO.2C11H14FNO.C11H15NO.2C10H14N2O/c1-11(2,3)7-4-6(10(14)15)8(12)5-9(7)13;1-11(2,3)7-4-5-9(12)8(6-7)10(13)14;1-11(2,3)8-6-7(10(13)14)4-5-9(8)12;1-11(2,3)9-6-4-5-8(7-9)10(12)13;1-10(2,3)8-4-7(9(11)13)5-12-6-8;1-10(2,3)7-4-5-12-8(6-7)9(11)13/h4-5H,1-3H3,(H2,14,15);2*4-6H,1-3H3,(H2,13,14);4-7H,1-3H3,(H2,12,13);2*4-6H,1-3H3,(H2,11,13). The minimum Gasteiger partial charge on any atom is -0.366 e. The highest BCUT2D eigenvalue weighted by atomic mass is 19.1. The molecule has 18 heteroatoms.